The van der Waals surface area contributed by atoms with Gasteiger partial charge in [-0.05, 0) is 0 Å². The Bertz CT molecular complexity index is 80.9. The summed E-state index contributed by atoms with van der Waals surface area (Å²) in [5.41, 5.74) is 0. The molecule has 1 nitrogen and oxygen atoms in total. The van der Waals surface area contributed by atoms with E-state index in [4.69, 9.17) is 0 Å². The van der Waals surface area contributed by atoms with E-state index in [1.807, 2.05) is 0 Å². The molecule has 0 spiro atoms. The second-order valence-corrected chi connectivity index (χ2v) is 14.6. The molecule has 0 saturated carbocycles. The molecule has 0 atom stereocenters. The molecule has 0 unspecified atom stereocenters. The maximum atomic E-state index is 3.74. The summed E-state index contributed by atoms with van der Waals surface area (Å²) in [6, 6.07) is 0. The van der Waals surface area contributed by atoms with Gasteiger partial charge in [-0.3, -0.25) is 0 Å². The second kappa shape index (κ2) is 4.13. The smallest absolute Gasteiger partial charge is 0.109 e. The topological polar surface area (TPSA) is 12.0 Å². The van der Waals surface area contributed by atoms with Crippen molar-refractivity contribution in [3.8, 4) is 0 Å². The summed E-state index contributed by atoms with van der Waals surface area (Å²) in [6.45, 7) is 14.1. The standard InChI is InChI=1S/C6H19NSi2.Li/c1-8(2,3)7-9(4,5)6;/h7H,1-6H3;. The van der Waals surface area contributed by atoms with E-state index >= 15 is 0 Å². The molecular formula is C6H19LiNSi2. The zero-order valence-corrected chi connectivity index (χ0v) is 10.5. The minimum atomic E-state index is -0.981. The quantitative estimate of drug-likeness (QED) is 0.621. The molecular weight excluding hydrogens is 149 g/mol. The van der Waals surface area contributed by atoms with Gasteiger partial charge in [0.25, 0.3) is 0 Å². The molecule has 0 rings (SSSR count). The summed E-state index contributed by atoms with van der Waals surface area (Å²) in [5.74, 6) is 0. The van der Waals surface area contributed by atoms with Crippen molar-refractivity contribution in [3.05, 3.63) is 0 Å². The Kier molecular flexibility index (Phi) is 5.60. The van der Waals surface area contributed by atoms with E-state index in [1.165, 1.54) is 0 Å². The molecule has 0 bridgehead atoms. The maximum Gasteiger partial charge on any atom is 0.109 e. The number of hydrogen-bond donors (Lipinski definition) is 1. The first kappa shape index (κ1) is 13.6. The van der Waals surface area contributed by atoms with Gasteiger partial charge >= 0.3 is 0 Å². The van der Waals surface area contributed by atoms with Crippen LogP contribution in [0.3, 0.4) is 0 Å². The Hall–Kier alpha value is 0.991. The summed E-state index contributed by atoms with van der Waals surface area (Å²) in [6.07, 6.45) is 0. The third-order valence-electron chi connectivity index (χ3n) is 0.750. The zero-order valence-electron chi connectivity index (χ0n) is 8.50. The number of hydrogen-bond acceptors (Lipinski definition) is 1. The maximum absolute atomic E-state index is 3.74. The van der Waals surface area contributed by atoms with E-state index in [1.54, 1.807) is 0 Å². The van der Waals surface area contributed by atoms with E-state index in [0.717, 1.165) is 0 Å². The van der Waals surface area contributed by atoms with Crippen molar-refractivity contribution in [2.24, 2.45) is 0 Å². The number of nitrogens with one attached hydrogen (secondary N) is 1. The second-order valence-electron chi connectivity index (χ2n) is 4.62. The van der Waals surface area contributed by atoms with Crippen LogP contribution in [0.1, 0.15) is 0 Å². The van der Waals surface area contributed by atoms with E-state index in [-0.39, 0.29) is 18.9 Å². The third-order valence-corrected chi connectivity index (χ3v) is 6.75. The largest absolute Gasteiger partial charge is 0.360 e. The SMILES string of the molecule is C[Si](C)(C)N[Si](C)(C)C.[Li]. The monoisotopic (exact) mass is 168 g/mol. The molecule has 1 N–H and O–H groups in total. The van der Waals surface area contributed by atoms with Gasteiger partial charge < -0.3 is 4.65 Å². The normalized spacial score (nSPS) is 12.6. The molecule has 0 aromatic heterocycles. The summed E-state index contributed by atoms with van der Waals surface area (Å²) < 4.78 is 3.74. The Labute approximate surface area is 79.3 Å². The van der Waals surface area contributed by atoms with Crippen LogP contribution in [-0.4, -0.2) is 35.3 Å². The van der Waals surface area contributed by atoms with Crippen LogP contribution in [0.15, 0.2) is 0 Å². The van der Waals surface area contributed by atoms with E-state index < -0.39 is 16.5 Å². The summed E-state index contributed by atoms with van der Waals surface area (Å²) in [4.78, 5) is 0. The van der Waals surface area contributed by atoms with Crippen molar-refractivity contribution < 1.29 is 0 Å². The van der Waals surface area contributed by atoms with Crippen LogP contribution in [0.5, 0.6) is 0 Å². The Balaban J connectivity index is 0. The summed E-state index contributed by atoms with van der Waals surface area (Å²) >= 11 is 0. The molecule has 0 aliphatic rings. The molecule has 0 amide bonds. The van der Waals surface area contributed by atoms with Gasteiger partial charge in [-0.2, -0.15) is 0 Å². The van der Waals surface area contributed by atoms with Crippen LogP contribution < -0.4 is 4.65 Å². The first-order valence-corrected chi connectivity index (χ1v) is 10.5. The molecule has 0 aliphatic heterocycles. The van der Waals surface area contributed by atoms with Gasteiger partial charge in [0.2, 0.25) is 0 Å². The fourth-order valence-corrected chi connectivity index (χ4v) is 10.1. The van der Waals surface area contributed by atoms with E-state index in [2.05, 4.69) is 43.9 Å². The molecule has 0 saturated heterocycles. The van der Waals surface area contributed by atoms with Crippen molar-refractivity contribution in [2.75, 3.05) is 0 Å². The van der Waals surface area contributed by atoms with Gasteiger partial charge in [-0.1, -0.05) is 39.3 Å². The Morgan fingerprint density at radius 1 is 0.700 bits per heavy atom. The molecule has 57 valence electrons. The van der Waals surface area contributed by atoms with Gasteiger partial charge in [0, 0.05) is 18.9 Å². The average Bonchev–Trinajstić information content (AvgIpc) is 1.14. The van der Waals surface area contributed by atoms with Gasteiger partial charge in [0.15, 0.2) is 0 Å². The van der Waals surface area contributed by atoms with Crippen molar-refractivity contribution in [1.29, 1.82) is 0 Å². The average molecular weight is 168 g/mol. The molecule has 0 aromatic carbocycles. The van der Waals surface area contributed by atoms with Gasteiger partial charge in [-0.15, -0.1) is 0 Å². The molecule has 10 heavy (non-hydrogen) atoms. The zero-order chi connectivity index (χ0) is 7.71. The van der Waals surface area contributed by atoms with Crippen LogP contribution >= 0.6 is 0 Å². The molecule has 0 aliphatic carbocycles. The molecule has 4 heteroatoms. The Morgan fingerprint density at radius 2 is 0.900 bits per heavy atom. The first-order valence-electron chi connectivity index (χ1n) is 3.50. The van der Waals surface area contributed by atoms with Crippen LogP contribution in [0.2, 0.25) is 39.3 Å². The molecule has 0 aromatic rings. The summed E-state index contributed by atoms with van der Waals surface area (Å²) in [5, 5.41) is 0. The van der Waals surface area contributed by atoms with Crippen molar-refractivity contribution in [2.45, 2.75) is 39.3 Å². The van der Waals surface area contributed by atoms with Gasteiger partial charge in [-0.25, -0.2) is 0 Å². The van der Waals surface area contributed by atoms with Crippen LogP contribution in [0, 0.1) is 0 Å². The molecule has 0 heterocycles. The Morgan fingerprint density at radius 3 is 0.900 bits per heavy atom. The molecule has 0 fully saturated rings. The predicted molar refractivity (Wildman–Crippen MR) is 55.6 cm³/mol. The fourth-order valence-electron chi connectivity index (χ4n) is 1.12. The van der Waals surface area contributed by atoms with Crippen LogP contribution in [-0.2, 0) is 0 Å². The van der Waals surface area contributed by atoms with Gasteiger partial charge in [0.05, 0.1) is 0 Å². The minimum absolute atomic E-state index is 0. The molecule has 1 radical (unpaired) electrons. The fraction of sp³-hybridized carbons (Fsp3) is 1.00. The summed E-state index contributed by atoms with van der Waals surface area (Å²) in [7, 11) is -1.96. The first-order chi connectivity index (χ1) is 3.71. The van der Waals surface area contributed by atoms with E-state index in [9.17, 15) is 0 Å². The van der Waals surface area contributed by atoms with Crippen molar-refractivity contribution >= 4 is 35.3 Å². The predicted octanol–water partition coefficient (Wildman–Crippen LogP) is 1.86. The van der Waals surface area contributed by atoms with E-state index in [0.29, 0.717) is 0 Å². The van der Waals surface area contributed by atoms with Crippen molar-refractivity contribution in [1.82, 2.24) is 4.65 Å². The van der Waals surface area contributed by atoms with Crippen LogP contribution in [0.4, 0.5) is 0 Å². The van der Waals surface area contributed by atoms with Gasteiger partial charge in [0.1, 0.15) is 16.5 Å². The van der Waals surface area contributed by atoms with Crippen LogP contribution in [0.25, 0.3) is 0 Å². The minimum Gasteiger partial charge on any atom is -0.360 e. The number of rotatable bonds is 2. The third kappa shape index (κ3) is 11.7. The van der Waals surface area contributed by atoms with Crippen molar-refractivity contribution in [3.63, 3.8) is 0 Å².